The maximum absolute atomic E-state index is 12.8. The molecule has 0 bridgehead atoms. The summed E-state index contributed by atoms with van der Waals surface area (Å²) < 4.78 is 5.14. The standard InChI is InChI=1S/C19H25N5O3/c1-4-16(18(25)21-12-5-7-13(27-3)8-6-12)24-10-9-15-14(11-24)17(23-22-15)19(26)20-2/h5-8,16H,4,9-11H2,1-3H3,(H,20,26)(H,21,25)(H,22,23)/t16-/m0/s1. The minimum absolute atomic E-state index is 0.0592. The molecule has 1 aliphatic rings. The lowest BCUT2D eigenvalue weighted by molar-refractivity contribution is -0.121. The van der Waals surface area contributed by atoms with E-state index in [0.717, 1.165) is 35.7 Å². The second-order valence-corrected chi connectivity index (χ2v) is 6.47. The maximum Gasteiger partial charge on any atom is 0.271 e. The Kier molecular flexibility index (Phi) is 5.75. The molecule has 2 heterocycles. The molecule has 0 radical (unpaired) electrons. The van der Waals surface area contributed by atoms with E-state index in [4.69, 9.17) is 4.74 Å². The van der Waals surface area contributed by atoms with Crippen LogP contribution in [0.4, 0.5) is 5.69 Å². The first kappa shape index (κ1) is 18.9. The fraction of sp³-hybridized carbons (Fsp3) is 0.421. The lowest BCUT2D eigenvalue weighted by Gasteiger charge is -2.33. The number of amides is 2. The number of nitrogens with zero attached hydrogens (tertiary/aromatic N) is 2. The van der Waals surface area contributed by atoms with Crippen molar-refractivity contribution in [1.29, 1.82) is 0 Å². The molecule has 1 aromatic carbocycles. The minimum Gasteiger partial charge on any atom is -0.497 e. The Bertz CT molecular complexity index is 815. The van der Waals surface area contributed by atoms with E-state index in [-0.39, 0.29) is 17.9 Å². The van der Waals surface area contributed by atoms with Gasteiger partial charge in [0, 0.05) is 43.5 Å². The number of fused-ring (bicyclic) bond motifs is 1. The molecule has 1 aliphatic heterocycles. The molecule has 2 amide bonds. The Morgan fingerprint density at radius 1 is 1.33 bits per heavy atom. The van der Waals surface area contributed by atoms with Crippen LogP contribution in [0.15, 0.2) is 24.3 Å². The predicted molar refractivity (Wildman–Crippen MR) is 102 cm³/mol. The lowest BCUT2D eigenvalue weighted by atomic mass is 10.0. The molecule has 2 aromatic rings. The third-order valence-corrected chi connectivity index (χ3v) is 4.89. The molecule has 8 heteroatoms. The number of nitrogens with one attached hydrogen (secondary N) is 3. The summed E-state index contributed by atoms with van der Waals surface area (Å²) in [5.41, 5.74) is 2.97. The maximum atomic E-state index is 12.8. The normalized spacial score (nSPS) is 14.9. The van der Waals surface area contributed by atoms with Crippen LogP contribution in [0.1, 0.15) is 35.1 Å². The molecular formula is C19H25N5O3. The lowest BCUT2D eigenvalue weighted by Crippen LogP contribution is -2.46. The summed E-state index contributed by atoms with van der Waals surface area (Å²) in [6.45, 7) is 3.24. The van der Waals surface area contributed by atoms with Gasteiger partial charge in [0.2, 0.25) is 5.91 Å². The van der Waals surface area contributed by atoms with Gasteiger partial charge in [-0.1, -0.05) is 6.92 Å². The van der Waals surface area contributed by atoms with Gasteiger partial charge >= 0.3 is 0 Å². The molecular weight excluding hydrogens is 346 g/mol. The summed E-state index contributed by atoms with van der Waals surface area (Å²) in [6, 6.07) is 6.97. The van der Waals surface area contributed by atoms with Crippen molar-refractivity contribution in [2.45, 2.75) is 32.4 Å². The number of H-pyrrole nitrogens is 1. The zero-order valence-corrected chi connectivity index (χ0v) is 15.8. The van der Waals surface area contributed by atoms with E-state index in [0.29, 0.717) is 18.7 Å². The third kappa shape index (κ3) is 3.95. The molecule has 0 spiro atoms. The molecule has 0 aliphatic carbocycles. The summed E-state index contributed by atoms with van der Waals surface area (Å²) in [5, 5.41) is 12.7. The zero-order valence-electron chi connectivity index (χ0n) is 15.8. The van der Waals surface area contributed by atoms with Gasteiger partial charge in [0.25, 0.3) is 5.91 Å². The van der Waals surface area contributed by atoms with Gasteiger partial charge in [0.15, 0.2) is 5.69 Å². The second kappa shape index (κ2) is 8.22. The fourth-order valence-corrected chi connectivity index (χ4v) is 3.40. The van der Waals surface area contributed by atoms with Gasteiger partial charge in [-0.25, -0.2) is 0 Å². The monoisotopic (exact) mass is 371 g/mol. The summed E-state index contributed by atoms with van der Waals surface area (Å²) >= 11 is 0. The topological polar surface area (TPSA) is 99.3 Å². The molecule has 0 saturated heterocycles. The Labute approximate surface area is 158 Å². The largest absolute Gasteiger partial charge is 0.497 e. The van der Waals surface area contributed by atoms with Crippen LogP contribution >= 0.6 is 0 Å². The molecule has 3 rings (SSSR count). The van der Waals surface area contributed by atoms with Crippen LogP contribution in [0, 0.1) is 0 Å². The highest BCUT2D eigenvalue weighted by molar-refractivity contribution is 5.95. The number of carbonyl (C=O) groups is 2. The SMILES string of the molecule is CC[C@@H](C(=O)Nc1ccc(OC)cc1)N1CCc2[nH]nc(C(=O)NC)c2C1. The van der Waals surface area contributed by atoms with Crippen LogP contribution < -0.4 is 15.4 Å². The third-order valence-electron chi connectivity index (χ3n) is 4.89. The average molecular weight is 371 g/mol. The van der Waals surface area contributed by atoms with Gasteiger partial charge in [-0.15, -0.1) is 0 Å². The molecule has 3 N–H and O–H groups in total. The summed E-state index contributed by atoms with van der Waals surface area (Å²) in [4.78, 5) is 27.0. The first-order chi connectivity index (χ1) is 13.1. The number of ether oxygens (including phenoxy) is 1. The number of benzene rings is 1. The summed E-state index contributed by atoms with van der Waals surface area (Å²) in [7, 11) is 3.19. The van der Waals surface area contributed by atoms with Gasteiger partial charge in [-0.3, -0.25) is 19.6 Å². The Morgan fingerprint density at radius 2 is 2.07 bits per heavy atom. The number of aromatic nitrogens is 2. The number of carbonyl (C=O) groups excluding carboxylic acids is 2. The van der Waals surface area contributed by atoms with Gasteiger partial charge in [0.1, 0.15) is 5.75 Å². The smallest absolute Gasteiger partial charge is 0.271 e. The highest BCUT2D eigenvalue weighted by atomic mass is 16.5. The van der Waals surface area contributed by atoms with Gasteiger partial charge in [-0.05, 0) is 30.7 Å². The first-order valence-electron chi connectivity index (χ1n) is 9.04. The Morgan fingerprint density at radius 3 is 2.70 bits per heavy atom. The van der Waals surface area contributed by atoms with E-state index in [1.807, 2.05) is 31.2 Å². The highest BCUT2D eigenvalue weighted by Crippen LogP contribution is 2.24. The number of rotatable bonds is 6. The molecule has 144 valence electrons. The van der Waals surface area contributed by atoms with Crippen LogP contribution in [0.5, 0.6) is 5.75 Å². The van der Waals surface area contributed by atoms with Gasteiger partial charge in [-0.2, -0.15) is 5.10 Å². The first-order valence-corrected chi connectivity index (χ1v) is 9.04. The summed E-state index contributed by atoms with van der Waals surface area (Å²) in [5.74, 6) is 0.464. The number of hydrogen-bond acceptors (Lipinski definition) is 5. The van der Waals surface area contributed by atoms with Crippen molar-refractivity contribution >= 4 is 17.5 Å². The molecule has 0 fully saturated rings. The van der Waals surface area contributed by atoms with Crippen molar-refractivity contribution in [3.63, 3.8) is 0 Å². The molecule has 1 atom stereocenters. The van der Waals surface area contributed by atoms with Crippen molar-refractivity contribution < 1.29 is 14.3 Å². The fourth-order valence-electron chi connectivity index (χ4n) is 3.40. The van der Waals surface area contributed by atoms with Crippen LogP contribution in [0.25, 0.3) is 0 Å². The van der Waals surface area contributed by atoms with Crippen LogP contribution in [0.3, 0.4) is 0 Å². The number of methoxy groups -OCH3 is 1. The van der Waals surface area contributed by atoms with Crippen molar-refractivity contribution in [1.82, 2.24) is 20.4 Å². The molecule has 0 unspecified atom stereocenters. The minimum atomic E-state index is -0.285. The quantitative estimate of drug-likeness (QED) is 0.716. The van der Waals surface area contributed by atoms with E-state index >= 15 is 0 Å². The van der Waals surface area contributed by atoms with E-state index in [2.05, 4.69) is 25.7 Å². The second-order valence-electron chi connectivity index (χ2n) is 6.47. The molecule has 1 aromatic heterocycles. The summed E-state index contributed by atoms with van der Waals surface area (Å²) in [6.07, 6.45) is 1.40. The molecule has 8 nitrogen and oxygen atoms in total. The Balaban J connectivity index is 1.72. The average Bonchev–Trinajstić information content (AvgIpc) is 3.12. The van der Waals surface area contributed by atoms with Crippen molar-refractivity contribution in [2.75, 3.05) is 26.0 Å². The Hall–Kier alpha value is -2.87. The number of aromatic amines is 1. The van der Waals surface area contributed by atoms with Crippen molar-refractivity contribution in [2.24, 2.45) is 0 Å². The predicted octanol–water partition coefficient (Wildman–Crippen LogP) is 1.55. The zero-order chi connectivity index (χ0) is 19.4. The van der Waals surface area contributed by atoms with Crippen molar-refractivity contribution in [3.8, 4) is 5.75 Å². The van der Waals surface area contributed by atoms with E-state index in [9.17, 15) is 9.59 Å². The highest BCUT2D eigenvalue weighted by Gasteiger charge is 2.31. The molecule has 27 heavy (non-hydrogen) atoms. The van der Waals surface area contributed by atoms with Crippen LogP contribution in [-0.2, 0) is 17.8 Å². The van der Waals surface area contributed by atoms with E-state index in [1.165, 1.54) is 0 Å². The number of anilines is 1. The van der Waals surface area contributed by atoms with E-state index < -0.39 is 0 Å². The van der Waals surface area contributed by atoms with E-state index in [1.54, 1.807) is 14.2 Å². The van der Waals surface area contributed by atoms with Crippen LogP contribution in [-0.4, -0.2) is 53.7 Å². The molecule has 0 saturated carbocycles. The van der Waals surface area contributed by atoms with Gasteiger partial charge < -0.3 is 15.4 Å². The van der Waals surface area contributed by atoms with Crippen LogP contribution in [0.2, 0.25) is 0 Å². The van der Waals surface area contributed by atoms with Gasteiger partial charge in [0.05, 0.1) is 13.2 Å². The number of hydrogen-bond donors (Lipinski definition) is 3. The van der Waals surface area contributed by atoms with Crippen molar-refractivity contribution in [3.05, 3.63) is 41.2 Å².